The fourth-order valence-corrected chi connectivity index (χ4v) is 5.86. The Hall–Kier alpha value is -3.73. The summed E-state index contributed by atoms with van der Waals surface area (Å²) in [6.07, 6.45) is 2.74. The van der Waals surface area contributed by atoms with Crippen LogP contribution in [-0.4, -0.2) is 65.0 Å². The van der Waals surface area contributed by atoms with Crippen molar-refractivity contribution >= 4 is 50.3 Å². The van der Waals surface area contributed by atoms with Gasteiger partial charge in [0.25, 0.3) is 5.91 Å². The van der Waals surface area contributed by atoms with Crippen LogP contribution in [0.3, 0.4) is 0 Å². The Balaban J connectivity index is 1.56. The zero-order chi connectivity index (χ0) is 27.7. The Bertz CT molecular complexity index is 1410. The van der Waals surface area contributed by atoms with Crippen molar-refractivity contribution in [3.8, 4) is 17.2 Å². The molecule has 1 saturated heterocycles. The van der Waals surface area contributed by atoms with E-state index in [9.17, 15) is 19.5 Å². The van der Waals surface area contributed by atoms with Gasteiger partial charge in [0.2, 0.25) is 11.5 Å². The van der Waals surface area contributed by atoms with Crippen molar-refractivity contribution in [1.82, 2.24) is 9.88 Å². The lowest BCUT2D eigenvalue weighted by molar-refractivity contribution is -0.134. The quantitative estimate of drug-likeness (QED) is 0.173. The minimum Gasteiger partial charge on any atom is -0.502 e. The van der Waals surface area contributed by atoms with Crippen LogP contribution in [0.15, 0.2) is 30.3 Å². The van der Waals surface area contributed by atoms with E-state index in [-0.39, 0.29) is 36.3 Å². The first-order valence-electron chi connectivity index (χ1n) is 12.8. The van der Waals surface area contributed by atoms with Gasteiger partial charge < -0.3 is 29.6 Å². The number of aromatic hydroxyl groups is 1. The fraction of sp³-hybridized carbons (Fsp3) is 0.393. The first-order valence-corrected chi connectivity index (χ1v) is 13.9. The number of phenolic OH excluding ortho intramolecular Hbond substituents is 1. The van der Waals surface area contributed by atoms with Gasteiger partial charge in [0, 0.05) is 28.3 Å². The van der Waals surface area contributed by atoms with Gasteiger partial charge in [0.05, 0.1) is 25.9 Å². The van der Waals surface area contributed by atoms with E-state index >= 15 is 0 Å². The average Bonchev–Trinajstić information content (AvgIpc) is 3.50. The average molecular weight is 600 g/mol. The molecule has 11 heteroatoms. The summed E-state index contributed by atoms with van der Waals surface area (Å²) >= 11 is 3.38. The fourth-order valence-electron chi connectivity index (χ4n) is 5.47. The second-order valence-electron chi connectivity index (χ2n) is 9.64. The third-order valence-electron chi connectivity index (χ3n) is 7.31. The van der Waals surface area contributed by atoms with Crippen LogP contribution in [-0.2, 0) is 20.7 Å². The van der Waals surface area contributed by atoms with E-state index in [4.69, 9.17) is 14.2 Å². The first-order chi connectivity index (χ1) is 18.9. The molecule has 2 aliphatic heterocycles. The Morgan fingerprint density at radius 1 is 1.18 bits per heavy atom. The smallest absolute Gasteiger partial charge is 0.411 e. The molecule has 2 amide bonds. The van der Waals surface area contributed by atoms with Crippen molar-refractivity contribution in [3.63, 3.8) is 0 Å². The number of benzene rings is 2. The van der Waals surface area contributed by atoms with Gasteiger partial charge in [-0.05, 0) is 54.7 Å². The van der Waals surface area contributed by atoms with Gasteiger partial charge in [0.15, 0.2) is 11.5 Å². The highest BCUT2D eigenvalue weighted by molar-refractivity contribution is 9.09. The van der Waals surface area contributed by atoms with Crippen molar-refractivity contribution in [2.45, 2.75) is 44.2 Å². The molecular weight excluding hydrogens is 570 g/mol. The molecule has 206 valence electrons. The number of aromatic nitrogens is 1. The van der Waals surface area contributed by atoms with Gasteiger partial charge >= 0.3 is 6.09 Å². The molecule has 0 aliphatic carbocycles. The number of hydrogen-bond donors (Lipinski definition) is 3. The molecule has 0 unspecified atom stereocenters. The maximum absolute atomic E-state index is 12.9. The SMILES string of the molecule is COc1cc([C@@H]2c3[nH]c4cccc(NC(=O)C(=O)CCCCCBr)c4c3C[C@H]3COC(=O)N32)cc(OC)c1O. The highest BCUT2D eigenvalue weighted by Gasteiger charge is 2.46. The predicted octanol–water partition coefficient (Wildman–Crippen LogP) is 4.82. The van der Waals surface area contributed by atoms with Crippen LogP contribution < -0.4 is 14.8 Å². The summed E-state index contributed by atoms with van der Waals surface area (Å²) < 4.78 is 16.2. The van der Waals surface area contributed by atoms with Crippen LogP contribution >= 0.6 is 15.9 Å². The van der Waals surface area contributed by atoms with Crippen molar-refractivity contribution in [1.29, 1.82) is 0 Å². The molecule has 5 rings (SSSR count). The number of carbonyl (C=O) groups is 3. The Morgan fingerprint density at radius 3 is 2.62 bits per heavy atom. The zero-order valence-electron chi connectivity index (χ0n) is 21.7. The number of amides is 2. The number of rotatable bonds is 10. The summed E-state index contributed by atoms with van der Waals surface area (Å²) in [6.45, 7) is 0.217. The summed E-state index contributed by atoms with van der Waals surface area (Å²) in [6, 6.07) is 7.97. The molecular formula is C28H30BrN3O7. The number of hydrogen-bond acceptors (Lipinski definition) is 7. The number of aromatic amines is 1. The maximum Gasteiger partial charge on any atom is 0.411 e. The largest absolute Gasteiger partial charge is 0.502 e. The minimum absolute atomic E-state index is 0.140. The number of nitrogens with one attached hydrogen (secondary N) is 2. The Kier molecular flexibility index (Phi) is 7.69. The number of halogens is 1. The molecule has 1 aromatic heterocycles. The topological polar surface area (TPSA) is 130 Å². The van der Waals surface area contributed by atoms with Crippen LogP contribution in [0, 0.1) is 0 Å². The number of anilines is 1. The monoisotopic (exact) mass is 599 g/mol. The van der Waals surface area contributed by atoms with Crippen LogP contribution in [0.2, 0.25) is 0 Å². The standard InChI is InChI=1S/C28H30BrN3O7/c1-37-21-11-15(12-22(38-2)26(21)34)25-24-17(13-16-14-39-28(36)32(16)25)23-18(30-24)7-6-8-19(23)31-27(35)20(33)9-4-3-5-10-29/h6-8,11-12,16,25,30,34H,3-5,9-10,13-14H2,1-2H3,(H,31,35)/t16-,25+/m0/s1. The molecule has 2 atom stereocenters. The third kappa shape index (κ3) is 4.91. The highest BCUT2D eigenvalue weighted by atomic mass is 79.9. The number of alkyl halides is 1. The van der Waals surface area contributed by atoms with E-state index in [1.807, 2.05) is 6.07 Å². The van der Waals surface area contributed by atoms with E-state index in [0.717, 1.165) is 40.3 Å². The molecule has 2 aromatic carbocycles. The number of H-pyrrole nitrogens is 1. The second kappa shape index (κ2) is 11.2. The van der Waals surface area contributed by atoms with E-state index in [2.05, 4.69) is 26.2 Å². The molecule has 3 N–H and O–H groups in total. The maximum atomic E-state index is 12.9. The summed E-state index contributed by atoms with van der Waals surface area (Å²) in [5.74, 6) is -0.816. The summed E-state index contributed by atoms with van der Waals surface area (Å²) in [4.78, 5) is 43.3. The van der Waals surface area contributed by atoms with Crippen molar-refractivity contribution in [2.24, 2.45) is 0 Å². The minimum atomic E-state index is -0.641. The van der Waals surface area contributed by atoms with Gasteiger partial charge in [-0.15, -0.1) is 0 Å². The van der Waals surface area contributed by atoms with Crippen LogP contribution in [0.1, 0.15) is 48.5 Å². The molecule has 0 radical (unpaired) electrons. The van der Waals surface area contributed by atoms with Crippen LogP contribution in [0.5, 0.6) is 17.2 Å². The third-order valence-corrected chi connectivity index (χ3v) is 7.87. The number of cyclic esters (lactones) is 1. The number of nitrogens with zero attached hydrogens (tertiary/aromatic N) is 1. The van der Waals surface area contributed by atoms with Crippen LogP contribution in [0.4, 0.5) is 10.5 Å². The number of unbranched alkanes of at least 4 members (excludes halogenated alkanes) is 2. The second-order valence-corrected chi connectivity index (χ2v) is 10.4. The lowest BCUT2D eigenvalue weighted by atomic mass is 9.88. The molecule has 3 aromatic rings. The molecule has 0 saturated carbocycles. The number of fused-ring (bicyclic) bond motifs is 4. The van der Waals surface area contributed by atoms with Crippen molar-refractivity contribution in [2.75, 3.05) is 31.5 Å². The Labute approximate surface area is 233 Å². The predicted molar refractivity (Wildman–Crippen MR) is 148 cm³/mol. The normalized spacial score (nSPS) is 17.9. The molecule has 10 nitrogen and oxygen atoms in total. The van der Waals surface area contributed by atoms with Gasteiger partial charge in [-0.1, -0.05) is 28.4 Å². The summed E-state index contributed by atoms with van der Waals surface area (Å²) in [7, 11) is 2.89. The Morgan fingerprint density at radius 2 is 1.92 bits per heavy atom. The number of ketones is 1. The number of carbonyl (C=O) groups excluding carboxylic acids is 3. The summed E-state index contributed by atoms with van der Waals surface area (Å²) in [5, 5.41) is 15.0. The number of methoxy groups -OCH3 is 2. The zero-order valence-corrected chi connectivity index (χ0v) is 23.3. The van der Waals surface area contributed by atoms with E-state index < -0.39 is 23.8 Å². The molecule has 39 heavy (non-hydrogen) atoms. The molecule has 0 spiro atoms. The van der Waals surface area contributed by atoms with Gasteiger partial charge in [-0.25, -0.2) is 4.79 Å². The van der Waals surface area contributed by atoms with Gasteiger partial charge in [-0.3, -0.25) is 14.5 Å². The number of ether oxygens (including phenoxy) is 3. The van der Waals surface area contributed by atoms with E-state index in [1.165, 1.54) is 14.2 Å². The van der Waals surface area contributed by atoms with E-state index in [1.54, 1.807) is 29.2 Å². The van der Waals surface area contributed by atoms with Crippen LogP contribution in [0.25, 0.3) is 10.9 Å². The van der Waals surface area contributed by atoms with Gasteiger partial charge in [-0.2, -0.15) is 0 Å². The van der Waals surface area contributed by atoms with Crippen molar-refractivity contribution < 1.29 is 33.7 Å². The summed E-state index contributed by atoms with van der Waals surface area (Å²) in [5.41, 5.74) is 3.61. The molecule has 0 bridgehead atoms. The molecule has 3 heterocycles. The molecule has 1 fully saturated rings. The van der Waals surface area contributed by atoms with E-state index in [0.29, 0.717) is 24.1 Å². The lowest BCUT2D eigenvalue weighted by Gasteiger charge is -2.36. The molecule has 2 aliphatic rings. The first kappa shape index (κ1) is 26.9. The van der Waals surface area contributed by atoms with Crippen molar-refractivity contribution in [3.05, 3.63) is 47.2 Å². The highest BCUT2D eigenvalue weighted by Crippen LogP contribution is 2.47. The number of Topliss-reactive ketones (excluding diaryl/α,β-unsaturated/α-hetero) is 1. The lowest BCUT2D eigenvalue weighted by Crippen LogP contribution is -2.42. The van der Waals surface area contributed by atoms with Gasteiger partial charge in [0.1, 0.15) is 12.6 Å². The number of phenols is 1.